The highest BCUT2D eigenvalue weighted by atomic mass is 32.2. The second-order valence-corrected chi connectivity index (χ2v) is 8.24. The second kappa shape index (κ2) is 6.10. The van der Waals surface area contributed by atoms with E-state index < -0.39 is 14.8 Å². The van der Waals surface area contributed by atoms with Crippen LogP contribution in [-0.4, -0.2) is 67.3 Å². The molecule has 7 nitrogen and oxygen atoms in total. The fraction of sp³-hybridized carbons (Fsp3) is 0.714. The average molecular weight is 326 g/mol. The first-order valence-electron chi connectivity index (χ1n) is 7.60. The number of nitrogens with zero attached hydrogens (tertiary/aromatic N) is 4. The smallest absolute Gasteiger partial charge is 0.225 e. The van der Waals surface area contributed by atoms with Crippen LogP contribution in [0, 0.1) is 0 Å². The molecule has 0 spiro atoms. The summed E-state index contributed by atoms with van der Waals surface area (Å²) in [6, 6.07) is 1.77. The summed E-state index contributed by atoms with van der Waals surface area (Å²) < 4.78 is 31.9. The minimum atomic E-state index is -3.31. The lowest BCUT2D eigenvalue weighted by atomic mass is 9.85. The fourth-order valence-electron chi connectivity index (χ4n) is 3.17. The number of anilines is 1. The van der Waals surface area contributed by atoms with Gasteiger partial charge >= 0.3 is 0 Å². The van der Waals surface area contributed by atoms with Crippen molar-refractivity contribution in [2.24, 2.45) is 0 Å². The van der Waals surface area contributed by atoms with Crippen LogP contribution < -0.4 is 4.90 Å². The van der Waals surface area contributed by atoms with Crippen LogP contribution in [0.2, 0.25) is 0 Å². The zero-order chi connectivity index (χ0) is 15.6. The van der Waals surface area contributed by atoms with Crippen molar-refractivity contribution >= 4 is 16.0 Å². The highest BCUT2D eigenvalue weighted by molar-refractivity contribution is 7.90. The van der Waals surface area contributed by atoms with Crippen LogP contribution in [-0.2, 0) is 14.8 Å². The monoisotopic (exact) mass is 326 g/mol. The summed E-state index contributed by atoms with van der Waals surface area (Å²) in [5.74, 6) is 0.662. The predicted octanol–water partition coefficient (Wildman–Crippen LogP) is 0.498. The molecule has 3 rings (SSSR count). The molecule has 1 aromatic rings. The summed E-state index contributed by atoms with van der Waals surface area (Å²) >= 11 is 0. The van der Waals surface area contributed by atoms with Gasteiger partial charge in [-0.25, -0.2) is 18.4 Å². The van der Waals surface area contributed by atoms with Crippen molar-refractivity contribution in [3.05, 3.63) is 18.5 Å². The SMILES string of the molecule is COCC1(S(=O)(=O)N2CCN(c3ncccn3)CC2)CCC1. The van der Waals surface area contributed by atoms with Crippen molar-refractivity contribution in [3.8, 4) is 0 Å². The first-order valence-corrected chi connectivity index (χ1v) is 9.04. The summed E-state index contributed by atoms with van der Waals surface area (Å²) in [6.45, 7) is 2.48. The van der Waals surface area contributed by atoms with E-state index in [-0.39, 0.29) is 6.61 Å². The maximum atomic E-state index is 12.9. The predicted molar refractivity (Wildman–Crippen MR) is 83.2 cm³/mol. The fourth-order valence-corrected chi connectivity index (χ4v) is 5.43. The number of methoxy groups -OCH3 is 1. The third-order valence-corrected chi connectivity index (χ3v) is 7.30. The molecule has 0 unspecified atom stereocenters. The molecule has 0 bridgehead atoms. The number of hydrogen-bond acceptors (Lipinski definition) is 6. The molecule has 0 amide bonds. The van der Waals surface area contributed by atoms with Gasteiger partial charge in [0.25, 0.3) is 0 Å². The number of rotatable bonds is 5. The van der Waals surface area contributed by atoms with Gasteiger partial charge in [0.05, 0.1) is 6.61 Å². The molecule has 0 radical (unpaired) electrons. The van der Waals surface area contributed by atoms with Gasteiger partial charge in [0.2, 0.25) is 16.0 Å². The van der Waals surface area contributed by atoms with Gasteiger partial charge in [-0.05, 0) is 18.9 Å². The molecule has 122 valence electrons. The van der Waals surface area contributed by atoms with Crippen LogP contribution in [0.4, 0.5) is 5.95 Å². The van der Waals surface area contributed by atoms with Crippen LogP contribution in [0.5, 0.6) is 0 Å². The Bertz CT molecular complexity index is 596. The highest BCUT2D eigenvalue weighted by Crippen LogP contribution is 2.41. The minimum Gasteiger partial charge on any atom is -0.383 e. The van der Waals surface area contributed by atoms with Crippen molar-refractivity contribution in [1.29, 1.82) is 0 Å². The zero-order valence-corrected chi connectivity index (χ0v) is 13.6. The molecule has 2 fully saturated rings. The quantitative estimate of drug-likeness (QED) is 0.784. The number of aromatic nitrogens is 2. The Morgan fingerprint density at radius 3 is 2.32 bits per heavy atom. The van der Waals surface area contributed by atoms with E-state index in [2.05, 4.69) is 9.97 Å². The molecule has 1 aliphatic carbocycles. The second-order valence-electron chi connectivity index (χ2n) is 5.91. The van der Waals surface area contributed by atoms with Crippen LogP contribution in [0.3, 0.4) is 0 Å². The van der Waals surface area contributed by atoms with Crippen molar-refractivity contribution in [3.63, 3.8) is 0 Å². The number of hydrogen-bond donors (Lipinski definition) is 0. The van der Waals surface area contributed by atoms with Crippen LogP contribution in [0.25, 0.3) is 0 Å². The van der Waals surface area contributed by atoms with Gasteiger partial charge in [0.1, 0.15) is 4.75 Å². The molecule has 2 aliphatic rings. The Morgan fingerprint density at radius 2 is 1.82 bits per heavy atom. The lowest BCUT2D eigenvalue weighted by Gasteiger charge is -2.45. The van der Waals surface area contributed by atoms with Crippen LogP contribution >= 0.6 is 0 Å². The lowest BCUT2D eigenvalue weighted by molar-refractivity contribution is 0.122. The minimum absolute atomic E-state index is 0.289. The van der Waals surface area contributed by atoms with E-state index in [0.717, 1.165) is 6.42 Å². The maximum Gasteiger partial charge on any atom is 0.225 e. The summed E-state index contributed by atoms with van der Waals surface area (Å²) in [7, 11) is -1.74. The molecule has 1 saturated carbocycles. The van der Waals surface area contributed by atoms with Gasteiger partial charge in [-0.15, -0.1) is 0 Å². The molecule has 0 N–H and O–H groups in total. The molecule has 0 atom stereocenters. The number of ether oxygens (including phenoxy) is 1. The first-order chi connectivity index (χ1) is 10.6. The van der Waals surface area contributed by atoms with E-state index in [4.69, 9.17) is 4.74 Å². The van der Waals surface area contributed by atoms with Crippen LogP contribution in [0.1, 0.15) is 19.3 Å². The lowest BCUT2D eigenvalue weighted by Crippen LogP contribution is -2.59. The molecule has 2 heterocycles. The molecule has 1 aliphatic heterocycles. The summed E-state index contributed by atoms with van der Waals surface area (Å²) in [5.41, 5.74) is 0. The molecule has 0 aromatic carbocycles. The van der Waals surface area contributed by atoms with E-state index in [1.807, 2.05) is 4.90 Å². The topological polar surface area (TPSA) is 75.6 Å². The number of sulfonamides is 1. The third-order valence-electron chi connectivity index (χ3n) is 4.63. The van der Waals surface area contributed by atoms with Crippen molar-refractivity contribution in [1.82, 2.24) is 14.3 Å². The number of piperazine rings is 1. The van der Waals surface area contributed by atoms with E-state index >= 15 is 0 Å². The highest BCUT2D eigenvalue weighted by Gasteiger charge is 2.52. The van der Waals surface area contributed by atoms with E-state index in [1.54, 1.807) is 29.9 Å². The van der Waals surface area contributed by atoms with E-state index in [1.165, 1.54) is 0 Å². The Labute approximate surface area is 131 Å². The van der Waals surface area contributed by atoms with Crippen molar-refractivity contribution in [2.45, 2.75) is 24.0 Å². The average Bonchev–Trinajstić information content (AvgIpc) is 2.51. The van der Waals surface area contributed by atoms with Gasteiger partial charge in [-0.1, -0.05) is 6.42 Å². The molecule has 22 heavy (non-hydrogen) atoms. The summed E-state index contributed by atoms with van der Waals surface area (Å²) in [4.78, 5) is 10.5. The molecule has 1 aromatic heterocycles. The third kappa shape index (κ3) is 2.59. The Kier molecular flexibility index (Phi) is 4.33. The zero-order valence-electron chi connectivity index (χ0n) is 12.8. The standard InChI is InChI=1S/C14H22N4O3S/c1-21-12-14(4-2-5-14)22(19,20)18-10-8-17(9-11-18)13-15-6-3-7-16-13/h3,6-7H,2,4-5,8-12H2,1H3. The van der Waals surface area contributed by atoms with E-state index in [0.29, 0.717) is 45.0 Å². The van der Waals surface area contributed by atoms with Crippen molar-refractivity contribution < 1.29 is 13.2 Å². The van der Waals surface area contributed by atoms with Gasteiger partial charge in [0.15, 0.2) is 0 Å². The molecule has 8 heteroatoms. The van der Waals surface area contributed by atoms with Crippen LogP contribution in [0.15, 0.2) is 18.5 Å². The molecular formula is C14H22N4O3S. The normalized spacial score (nSPS) is 22.3. The van der Waals surface area contributed by atoms with E-state index in [9.17, 15) is 8.42 Å². The summed E-state index contributed by atoms with van der Waals surface area (Å²) in [6.07, 6.45) is 5.76. The Morgan fingerprint density at radius 1 is 1.18 bits per heavy atom. The van der Waals surface area contributed by atoms with Gasteiger partial charge in [0, 0.05) is 45.7 Å². The molecular weight excluding hydrogens is 304 g/mol. The van der Waals surface area contributed by atoms with Gasteiger partial charge in [-0.3, -0.25) is 0 Å². The Hall–Kier alpha value is -1.25. The first kappa shape index (κ1) is 15.6. The Balaban J connectivity index is 1.68. The summed E-state index contributed by atoms with van der Waals surface area (Å²) in [5, 5.41) is 0. The largest absolute Gasteiger partial charge is 0.383 e. The van der Waals surface area contributed by atoms with Crippen molar-refractivity contribution in [2.75, 3.05) is 44.8 Å². The molecule has 1 saturated heterocycles. The maximum absolute atomic E-state index is 12.9. The van der Waals surface area contributed by atoms with Gasteiger partial charge in [-0.2, -0.15) is 4.31 Å². The van der Waals surface area contributed by atoms with Gasteiger partial charge < -0.3 is 9.64 Å².